The molecule has 0 amide bonds. The average Bonchev–Trinajstić information content (AvgIpc) is 2.76. The Bertz CT molecular complexity index is 929. The number of ether oxygens (including phenoxy) is 2. The molecule has 7 heteroatoms. The molecule has 5 nitrogen and oxygen atoms in total. The number of aliphatic imine (C=N–C) groups is 1. The van der Waals surface area contributed by atoms with Crippen molar-refractivity contribution in [2.24, 2.45) is 4.99 Å². The van der Waals surface area contributed by atoms with Crippen LogP contribution in [0.5, 0.6) is 0 Å². The van der Waals surface area contributed by atoms with Gasteiger partial charge >= 0.3 is 11.9 Å². The van der Waals surface area contributed by atoms with Gasteiger partial charge in [-0.1, -0.05) is 61.6 Å². The van der Waals surface area contributed by atoms with Crippen molar-refractivity contribution in [1.29, 1.82) is 0 Å². The second-order valence-corrected chi connectivity index (χ2v) is 8.36. The van der Waals surface area contributed by atoms with E-state index in [0.29, 0.717) is 11.9 Å². The van der Waals surface area contributed by atoms with E-state index in [1.807, 2.05) is 48.5 Å². The number of nitrogens with zero attached hydrogens (tertiary/aromatic N) is 1. The Labute approximate surface area is 181 Å². The predicted molar refractivity (Wildman–Crippen MR) is 119 cm³/mol. The van der Waals surface area contributed by atoms with Crippen LogP contribution >= 0.6 is 25.2 Å². The van der Waals surface area contributed by atoms with Gasteiger partial charge in [-0.25, -0.2) is 9.59 Å². The summed E-state index contributed by atoms with van der Waals surface area (Å²) in [6.45, 7) is 0. The number of esters is 2. The molecule has 29 heavy (non-hydrogen) atoms. The van der Waals surface area contributed by atoms with E-state index in [2.05, 4.69) is 30.2 Å². The van der Waals surface area contributed by atoms with Gasteiger partial charge in [-0.3, -0.25) is 4.99 Å². The van der Waals surface area contributed by atoms with Crippen LogP contribution in [0.3, 0.4) is 0 Å². The molecular formula is C22H23BrNO4P. The SMILES string of the molecule is COC(=O)C(N=C(P)c1ccccc1)(C(=O)OC)[C@@H]1CCCc2ccc(Br)cc21. The van der Waals surface area contributed by atoms with Crippen LogP contribution in [-0.4, -0.2) is 37.1 Å². The average molecular weight is 476 g/mol. The van der Waals surface area contributed by atoms with Gasteiger partial charge in [-0.05, 0) is 48.1 Å². The lowest BCUT2D eigenvalue weighted by Crippen LogP contribution is -2.52. The summed E-state index contributed by atoms with van der Waals surface area (Å²) in [5.41, 5.74) is 1.47. The molecule has 0 heterocycles. The number of halogens is 1. The van der Waals surface area contributed by atoms with Crippen LogP contribution in [0.15, 0.2) is 58.0 Å². The molecule has 0 saturated carbocycles. The molecule has 0 aromatic heterocycles. The lowest BCUT2D eigenvalue weighted by molar-refractivity contribution is -0.162. The first-order valence-electron chi connectivity index (χ1n) is 9.30. The lowest BCUT2D eigenvalue weighted by Gasteiger charge is -2.37. The third-order valence-corrected chi connectivity index (χ3v) is 6.24. The molecular weight excluding hydrogens is 453 g/mol. The number of fused-ring (bicyclic) bond motifs is 1. The van der Waals surface area contributed by atoms with Gasteiger partial charge in [0.1, 0.15) is 0 Å². The molecule has 0 radical (unpaired) electrons. The highest BCUT2D eigenvalue weighted by Crippen LogP contribution is 2.44. The third kappa shape index (κ3) is 4.15. The predicted octanol–water partition coefficient (Wildman–Crippen LogP) is 4.28. The minimum Gasteiger partial charge on any atom is -0.467 e. The summed E-state index contributed by atoms with van der Waals surface area (Å²) in [4.78, 5) is 31.0. The van der Waals surface area contributed by atoms with Crippen molar-refractivity contribution in [2.75, 3.05) is 14.2 Å². The zero-order valence-electron chi connectivity index (χ0n) is 16.4. The minimum atomic E-state index is -1.83. The van der Waals surface area contributed by atoms with Crippen molar-refractivity contribution in [3.8, 4) is 0 Å². The van der Waals surface area contributed by atoms with Crippen LogP contribution in [0.4, 0.5) is 0 Å². The Morgan fingerprint density at radius 2 is 1.76 bits per heavy atom. The molecule has 152 valence electrons. The maximum Gasteiger partial charge on any atom is 0.346 e. The van der Waals surface area contributed by atoms with Gasteiger partial charge in [0.15, 0.2) is 0 Å². The number of carbonyl (C=O) groups excluding carboxylic acids is 2. The summed E-state index contributed by atoms with van der Waals surface area (Å²) >= 11 is 3.51. The maximum atomic E-state index is 13.1. The van der Waals surface area contributed by atoms with Gasteiger partial charge in [0.25, 0.3) is 5.54 Å². The quantitative estimate of drug-likeness (QED) is 0.280. The molecule has 1 aliphatic rings. The Morgan fingerprint density at radius 1 is 1.10 bits per heavy atom. The molecule has 0 bridgehead atoms. The molecule has 0 N–H and O–H groups in total. The highest BCUT2D eigenvalue weighted by Gasteiger charge is 2.56. The first-order chi connectivity index (χ1) is 13.9. The molecule has 3 rings (SSSR count). The van der Waals surface area contributed by atoms with E-state index in [0.717, 1.165) is 34.0 Å². The fourth-order valence-corrected chi connectivity index (χ4v) is 4.69. The van der Waals surface area contributed by atoms with Gasteiger partial charge in [0.2, 0.25) is 0 Å². The van der Waals surface area contributed by atoms with Crippen molar-refractivity contribution in [3.05, 3.63) is 69.7 Å². The van der Waals surface area contributed by atoms with Gasteiger partial charge in [-0.15, -0.1) is 0 Å². The molecule has 1 aliphatic carbocycles. The number of carbonyl (C=O) groups is 2. The van der Waals surface area contributed by atoms with Crippen LogP contribution < -0.4 is 0 Å². The lowest BCUT2D eigenvalue weighted by atomic mass is 9.71. The van der Waals surface area contributed by atoms with Gasteiger partial charge in [-0.2, -0.15) is 0 Å². The highest BCUT2D eigenvalue weighted by molar-refractivity contribution is 9.10. The molecule has 0 spiro atoms. The van der Waals surface area contributed by atoms with Crippen LogP contribution in [0.25, 0.3) is 0 Å². The number of methoxy groups -OCH3 is 2. The third-order valence-electron chi connectivity index (χ3n) is 5.29. The molecule has 2 aromatic rings. The van der Waals surface area contributed by atoms with E-state index in [1.54, 1.807) is 0 Å². The van der Waals surface area contributed by atoms with E-state index in [9.17, 15) is 9.59 Å². The zero-order valence-corrected chi connectivity index (χ0v) is 19.1. The molecule has 2 atom stereocenters. The number of hydrogen-bond donors (Lipinski definition) is 0. The normalized spacial score (nSPS) is 16.7. The van der Waals surface area contributed by atoms with E-state index in [1.165, 1.54) is 14.2 Å². The Kier molecular flexibility index (Phi) is 6.86. The van der Waals surface area contributed by atoms with E-state index >= 15 is 0 Å². The van der Waals surface area contributed by atoms with Gasteiger partial charge in [0.05, 0.1) is 19.7 Å². The standard InChI is InChI=1S/C22H23BrNO4P/c1-27-20(25)22(21(26)28-2,24-19(29)15-7-4-3-5-8-15)18-10-6-9-14-11-12-16(23)13-17(14)18/h3-5,7-8,11-13,18H,6,9-10,29H2,1-2H3/t18-/m1/s1. The first-order valence-corrected chi connectivity index (χ1v) is 10.7. The Balaban J connectivity index is 2.26. The van der Waals surface area contributed by atoms with Crippen LogP contribution in [0.2, 0.25) is 0 Å². The molecule has 2 aromatic carbocycles. The second-order valence-electron chi connectivity index (χ2n) is 6.90. The number of hydrogen-bond acceptors (Lipinski definition) is 5. The number of aryl methyl sites for hydroxylation is 1. The van der Waals surface area contributed by atoms with Crippen molar-refractivity contribution >= 4 is 42.6 Å². The summed E-state index contributed by atoms with van der Waals surface area (Å²) < 4.78 is 11.1. The monoisotopic (exact) mass is 475 g/mol. The fraction of sp³-hybridized carbons (Fsp3) is 0.318. The number of benzene rings is 2. The smallest absolute Gasteiger partial charge is 0.346 e. The zero-order chi connectivity index (χ0) is 21.0. The first kappa shape index (κ1) is 21.7. The summed E-state index contributed by atoms with van der Waals surface area (Å²) in [5.74, 6) is -1.95. The molecule has 0 aliphatic heterocycles. The minimum absolute atomic E-state index is 0.489. The van der Waals surface area contributed by atoms with Crippen molar-refractivity contribution < 1.29 is 19.1 Å². The van der Waals surface area contributed by atoms with E-state index in [-0.39, 0.29) is 0 Å². The van der Waals surface area contributed by atoms with Crippen LogP contribution in [0.1, 0.15) is 35.4 Å². The molecule has 1 unspecified atom stereocenters. The number of rotatable bonds is 5. The summed E-state index contributed by atoms with van der Waals surface area (Å²) in [5, 5.41) is 0. The Morgan fingerprint density at radius 3 is 2.38 bits per heavy atom. The van der Waals surface area contributed by atoms with Crippen LogP contribution in [0, 0.1) is 0 Å². The summed E-state index contributed by atoms with van der Waals surface area (Å²) in [7, 11) is 5.07. The topological polar surface area (TPSA) is 65.0 Å². The fourth-order valence-electron chi connectivity index (χ4n) is 3.92. The Hall–Kier alpha value is -2.04. The molecule has 0 fully saturated rings. The van der Waals surface area contributed by atoms with Crippen molar-refractivity contribution in [2.45, 2.75) is 30.7 Å². The van der Waals surface area contributed by atoms with E-state index in [4.69, 9.17) is 9.47 Å². The molecule has 0 saturated heterocycles. The van der Waals surface area contributed by atoms with Gasteiger partial charge < -0.3 is 9.47 Å². The van der Waals surface area contributed by atoms with Gasteiger partial charge in [0, 0.05) is 10.4 Å². The highest BCUT2D eigenvalue weighted by atomic mass is 79.9. The van der Waals surface area contributed by atoms with Crippen molar-refractivity contribution in [3.63, 3.8) is 0 Å². The summed E-state index contributed by atoms with van der Waals surface area (Å²) in [6.07, 6.45) is 2.33. The van der Waals surface area contributed by atoms with Crippen LogP contribution in [-0.2, 0) is 25.5 Å². The van der Waals surface area contributed by atoms with E-state index < -0.39 is 23.4 Å². The van der Waals surface area contributed by atoms with Crippen molar-refractivity contribution in [1.82, 2.24) is 0 Å². The second kappa shape index (κ2) is 9.19. The largest absolute Gasteiger partial charge is 0.467 e. The summed E-state index contributed by atoms with van der Waals surface area (Å²) in [6, 6.07) is 15.3. The maximum absolute atomic E-state index is 13.1.